The highest BCUT2D eigenvalue weighted by molar-refractivity contribution is 5.89. The third kappa shape index (κ3) is 4.85. The van der Waals surface area contributed by atoms with Crippen molar-refractivity contribution < 1.29 is 4.79 Å². The fourth-order valence-corrected chi connectivity index (χ4v) is 2.46. The monoisotopic (exact) mass is 275 g/mol. The quantitative estimate of drug-likeness (QED) is 0.774. The number of amides is 2. The number of carbonyl (C=O) groups excluding carboxylic acids is 1. The van der Waals surface area contributed by atoms with Gasteiger partial charge < -0.3 is 16.0 Å². The molecule has 4 nitrogen and oxygen atoms in total. The van der Waals surface area contributed by atoms with Gasteiger partial charge >= 0.3 is 6.03 Å². The molecule has 1 heterocycles. The first-order chi connectivity index (χ1) is 9.78. The molecule has 1 aliphatic heterocycles. The molecule has 1 aromatic rings. The van der Waals surface area contributed by atoms with Gasteiger partial charge in [-0.15, -0.1) is 0 Å². The fraction of sp³-hybridized carbons (Fsp3) is 0.562. The lowest BCUT2D eigenvalue weighted by atomic mass is 10.1. The Morgan fingerprint density at radius 1 is 1.35 bits per heavy atom. The van der Waals surface area contributed by atoms with E-state index in [-0.39, 0.29) is 12.1 Å². The van der Waals surface area contributed by atoms with E-state index in [1.165, 1.54) is 18.4 Å². The van der Waals surface area contributed by atoms with Gasteiger partial charge in [-0.25, -0.2) is 4.79 Å². The van der Waals surface area contributed by atoms with Crippen LogP contribution in [0.25, 0.3) is 0 Å². The minimum atomic E-state index is -0.111. The highest BCUT2D eigenvalue weighted by Gasteiger charge is 2.14. The molecular weight excluding hydrogens is 250 g/mol. The molecule has 0 saturated carbocycles. The SMILES string of the molecule is CCCCc1ccc(NC(=O)NC2CCCNC2)cc1. The van der Waals surface area contributed by atoms with Crippen molar-refractivity contribution >= 4 is 11.7 Å². The number of nitrogens with one attached hydrogen (secondary N) is 3. The maximum atomic E-state index is 11.9. The number of hydrogen-bond acceptors (Lipinski definition) is 2. The summed E-state index contributed by atoms with van der Waals surface area (Å²) in [6, 6.07) is 8.27. The number of aryl methyl sites for hydroxylation is 1. The van der Waals surface area contributed by atoms with Crippen molar-refractivity contribution in [2.75, 3.05) is 18.4 Å². The number of rotatable bonds is 5. The first-order valence-corrected chi connectivity index (χ1v) is 7.65. The van der Waals surface area contributed by atoms with Crippen LogP contribution in [0, 0.1) is 0 Å². The number of hydrogen-bond donors (Lipinski definition) is 3. The zero-order valence-electron chi connectivity index (χ0n) is 12.2. The van der Waals surface area contributed by atoms with Crippen LogP contribution in [-0.4, -0.2) is 25.2 Å². The number of benzene rings is 1. The molecule has 2 amide bonds. The predicted octanol–water partition coefficient (Wildman–Crippen LogP) is 2.90. The van der Waals surface area contributed by atoms with Crippen molar-refractivity contribution in [2.45, 2.75) is 45.1 Å². The normalized spacial score (nSPS) is 18.6. The predicted molar refractivity (Wildman–Crippen MR) is 83.1 cm³/mol. The van der Waals surface area contributed by atoms with Gasteiger partial charge in [-0.3, -0.25) is 0 Å². The van der Waals surface area contributed by atoms with Crippen molar-refractivity contribution in [3.8, 4) is 0 Å². The molecule has 1 unspecified atom stereocenters. The van der Waals surface area contributed by atoms with Gasteiger partial charge in [-0.1, -0.05) is 25.5 Å². The zero-order valence-corrected chi connectivity index (χ0v) is 12.2. The lowest BCUT2D eigenvalue weighted by Crippen LogP contribution is -2.47. The summed E-state index contributed by atoms with van der Waals surface area (Å²) in [6.45, 7) is 4.11. The summed E-state index contributed by atoms with van der Waals surface area (Å²) >= 11 is 0. The van der Waals surface area contributed by atoms with Crippen LogP contribution in [0.15, 0.2) is 24.3 Å². The Kier molecular flexibility index (Phi) is 5.87. The molecule has 2 rings (SSSR count). The molecule has 1 aliphatic rings. The molecule has 1 atom stereocenters. The van der Waals surface area contributed by atoms with Gasteiger partial charge in [0.05, 0.1) is 0 Å². The van der Waals surface area contributed by atoms with Crippen LogP contribution < -0.4 is 16.0 Å². The van der Waals surface area contributed by atoms with Gasteiger partial charge in [0.1, 0.15) is 0 Å². The van der Waals surface area contributed by atoms with Crippen LogP contribution in [0.3, 0.4) is 0 Å². The second kappa shape index (κ2) is 7.90. The number of urea groups is 1. The van der Waals surface area contributed by atoms with Gasteiger partial charge in [-0.2, -0.15) is 0 Å². The third-order valence-electron chi connectivity index (χ3n) is 3.66. The third-order valence-corrected chi connectivity index (χ3v) is 3.66. The molecule has 110 valence electrons. The average Bonchev–Trinajstić information content (AvgIpc) is 2.47. The molecule has 3 N–H and O–H groups in total. The zero-order chi connectivity index (χ0) is 14.2. The Balaban J connectivity index is 1.78. The minimum absolute atomic E-state index is 0.111. The highest BCUT2D eigenvalue weighted by atomic mass is 16.2. The average molecular weight is 275 g/mol. The lowest BCUT2D eigenvalue weighted by molar-refractivity contribution is 0.245. The van der Waals surface area contributed by atoms with Crippen LogP contribution >= 0.6 is 0 Å². The van der Waals surface area contributed by atoms with Crippen molar-refractivity contribution in [3.63, 3.8) is 0 Å². The van der Waals surface area contributed by atoms with Crippen LogP contribution in [-0.2, 0) is 6.42 Å². The Hall–Kier alpha value is -1.55. The van der Waals surface area contributed by atoms with Crippen LogP contribution in [0.2, 0.25) is 0 Å². The first kappa shape index (κ1) is 14.9. The summed E-state index contributed by atoms with van der Waals surface area (Å²) in [5.74, 6) is 0. The number of unbranched alkanes of at least 4 members (excludes halogenated alkanes) is 1. The molecule has 1 fully saturated rings. The van der Waals surface area contributed by atoms with Gasteiger partial charge in [0.15, 0.2) is 0 Å². The topological polar surface area (TPSA) is 53.2 Å². The molecule has 1 saturated heterocycles. The van der Waals surface area contributed by atoms with Gasteiger partial charge in [-0.05, 0) is 49.9 Å². The van der Waals surface area contributed by atoms with E-state index in [1.54, 1.807) is 0 Å². The molecular formula is C16H25N3O. The van der Waals surface area contributed by atoms with E-state index in [9.17, 15) is 4.79 Å². The van der Waals surface area contributed by atoms with E-state index >= 15 is 0 Å². The Bertz CT molecular complexity index is 410. The number of piperidine rings is 1. The molecule has 0 radical (unpaired) electrons. The van der Waals surface area contributed by atoms with Gasteiger partial charge in [0.2, 0.25) is 0 Å². The maximum Gasteiger partial charge on any atom is 0.319 e. The summed E-state index contributed by atoms with van der Waals surface area (Å²) in [5.41, 5.74) is 2.18. The number of carbonyl (C=O) groups is 1. The van der Waals surface area contributed by atoms with Crippen molar-refractivity contribution in [1.29, 1.82) is 0 Å². The van der Waals surface area contributed by atoms with Crippen LogP contribution in [0.1, 0.15) is 38.2 Å². The summed E-state index contributed by atoms with van der Waals surface area (Å²) in [4.78, 5) is 11.9. The Morgan fingerprint density at radius 3 is 2.80 bits per heavy atom. The van der Waals surface area contributed by atoms with E-state index in [4.69, 9.17) is 0 Å². The van der Waals surface area contributed by atoms with Gasteiger partial charge in [0.25, 0.3) is 0 Å². The summed E-state index contributed by atoms with van der Waals surface area (Å²) in [6.07, 6.45) is 5.70. The summed E-state index contributed by atoms with van der Waals surface area (Å²) in [5, 5.41) is 9.19. The summed E-state index contributed by atoms with van der Waals surface area (Å²) in [7, 11) is 0. The summed E-state index contributed by atoms with van der Waals surface area (Å²) < 4.78 is 0. The molecule has 1 aromatic carbocycles. The highest BCUT2D eigenvalue weighted by Crippen LogP contribution is 2.12. The Labute approximate surface area is 121 Å². The maximum absolute atomic E-state index is 11.9. The van der Waals surface area contributed by atoms with E-state index in [0.29, 0.717) is 0 Å². The molecule has 0 spiro atoms. The van der Waals surface area contributed by atoms with Gasteiger partial charge in [0, 0.05) is 18.3 Å². The molecule has 4 heteroatoms. The van der Waals surface area contributed by atoms with Crippen molar-refractivity contribution in [2.24, 2.45) is 0 Å². The largest absolute Gasteiger partial charge is 0.334 e. The van der Waals surface area contributed by atoms with E-state index < -0.39 is 0 Å². The van der Waals surface area contributed by atoms with E-state index in [1.807, 2.05) is 12.1 Å². The fourth-order valence-electron chi connectivity index (χ4n) is 2.46. The Morgan fingerprint density at radius 2 is 2.15 bits per heavy atom. The molecule has 0 aliphatic carbocycles. The first-order valence-electron chi connectivity index (χ1n) is 7.65. The minimum Gasteiger partial charge on any atom is -0.334 e. The molecule has 0 bridgehead atoms. The van der Waals surface area contributed by atoms with Crippen LogP contribution in [0.5, 0.6) is 0 Å². The lowest BCUT2D eigenvalue weighted by Gasteiger charge is -2.23. The molecule has 0 aromatic heterocycles. The van der Waals surface area contributed by atoms with E-state index in [2.05, 4.69) is 35.0 Å². The second-order valence-corrected chi connectivity index (χ2v) is 5.44. The number of anilines is 1. The van der Waals surface area contributed by atoms with Crippen molar-refractivity contribution in [3.05, 3.63) is 29.8 Å². The standard InChI is InChI=1S/C16H25N3O/c1-2-3-5-13-7-9-14(10-8-13)18-16(20)19-15-6-4-11-17-12-15/h7-10,15,17H,2-6,11-12H2,1H3,(H2,18,19,20). The molecule has 20 heavy (non-hydrogen) atoms. The van der Waals surface area contributed by atoms with Crippen molar-refractivity contribution in [1.82, 2.24) is 10.6 Å². The smallest absolute Gasteiger partial charge is 0.319 e. The van der Waals surface area contributed by atoms with Crippen LogP contribution in [0.4, 0.5) is 10.5 Å². The second-order valence-electron chi connectivity index (χ2n) is 5.44. The van der Waals surface area contributed by atoms with E-state index in [0.717, 1.165) is 38.0 Å².